The summed E-state index contributed by atoms with van der Waals surface area (Å²) in [7, 11) is 0. The Hall–Kier alpha value is -1.86. The summed E-state index contributed by atoms with van der Waals surface area (Å²) in [5.41, 5.74) is 7.02. The van der Waals surface area contributed by atoms with Gasteiger partial charge in [0, 0.05) is 13.1 Å². The summed E-state index contributed by atoms with van der Waals surface area (Å²) in [4.78, 5) is 13.9. The van der Waals surface area contributed by atoms with Crippen molar-refractivity contribution in [3.05, 3.63) is 35.9 Å². The van der Waals surface area contributed by atoms with Crippen LogP contribution in [0.15, 0.2) is 30.3 Å². The van der Waals surface area contributed by atoms with Gasteiger partial charge >= 0.3 is 0 Å². The lowest BCUT2D eigenvalue weighted by atomic mass is 10.0. The third-order valence-electron chi connectivity index (χ3n) is 3.02. The maximum Gasteiger partial charge on any atom is 0.239 e. The first-order valence-corrected chi connectivity index (χ1v) is 6.56. The molecule has 0 saturated heterocycles. The molecule has 4 heteroatoms. The van der Waals surface area contributed by atoms with Crippen LogP contribution in [-0.4, -0.2) is 29.9 Å². The van der Waals surface area contributed by atoms with Gasteiger partial charge in [-0.05, 0) is 25.8 Å². The molecule has 0 aliphatic carbocycles. The molecule has 1 aromatic carbocycles. The van der Waals surface area contributed by atoms with Crippen molar-refractivity contribution >= 4 is 5.91 Å². The molecule has 0 heterocycles. The Bertz CT molecular complexity index is 438. The number of likely N-dealkylation sites (N-methyl/N-ethyl adjacent to an activating group) is 1. The molecule has 19 heavy (non-hydrogen) atoms. The van der Waals surface area contributed by atoms with Gasteiger partial charge in [0.1, 0.15) is 0 Å². The number of rotatable bonds is 6. The number of carbonyl (C=O) groups excluding carboxylic acids is 1. The van der Waals surface area contributed by atoms with E-state index in [2.05, 4.69) is 6.07 Å². The molecule has 0 saturated carbocycles. The van der Waals surface area contributed by atoms with E-state index in [1.165, 1.54) is 0 Å². The maximum atomic E-state index is 12.2. The quantitative estimate of drug-likeness (QED) is 0.843. The molecule has 0 aliphatic heterocycles. The van der Waals surface area contributed by atoms with Crippen LogP contribution in [0.25, 0.3) is 0 Å². The molecule has 0 spiro atoms. The summed E-state index contributed by atoms with van der Waals surface area (Å²) in [6.45, 7) is 4.72. The molecule has 102 valence electrons. The molecule has 0 bridgehead atoms. The summed E-state index contributed by atoms with van der Waals surface area (Å²) < 4.78 is 0. The zero-order valence-electron chi connectivity index (χ0n) is 11.5. The number of hydrogen-bond acceptors (Lipinski definition) is 3. The zero-order chi connectivity index (χ0) is 14.3. The van der Waals surface area contributed by atoms with Crippen LogP contribution in [0.1, 0.15) is 19.4 Å². The first kappa shape index (κ1) is 15.2. The van der Waals surface area contributed by atoms with E-state index in [0.717, 1.165) is 5.56 Å². The lowest BCUT2D eigenvalue weighted by Crippen LogP contribution is -2.46. The van der Waals surface area contributed by atoms with Crippen molar-refractivity contribution in [1.82, 2.24) is 4.90 Å². The Balaban J connectivity index is 2.62. The van der Waals surface area contributed by atoms with Crippen LogP contribution in [0.4, 0.5) is 0 Å². The van der Waals surface area contributed by atoms with Gasteiger partial charge in [0.15, 0.2) is 0 Å². The number of nitriles is 1. The largest absolute Gasteiger partial charge is 0.340 e. The van der Waals surface area contributed by atoms with Crippen molar-refractivity contribution in [2.45, 2.75) is 26.3 Å². The Morgan fingerprint density at radius 2 is 2.05 bits per heavy atom. The van der Waals surface area contributed by atoms with E-state index in [1.807, 2.05) is 37.3 Å². The second kappa shape index (κ2) is 7.55. The topological polar surface area (TPSA) is 70.1 Å². The number of carbonyl (C=O) groups is 1. The molecule has 0 aromatic heterocycles. The van der Waals surface area contributed by atoms with Crippen molar-refractivity contribution < 1.29 is 4.79 Å². The molecule has 0 fully saturated rings. The molecule has 1 aromatic rings. The van der Waals surface area contributed by atoms with E-state index < -0.39 is 6.04 Å². The molecule has 1 amide bonds. The second-order valence-corrected chi connectivity index (χ2v) is 4.70. The van der Waals surface area contributed by atoms with Crippen LogP contribution < -0.4 is 5.73 Å². The Kier molecular flexibility index (Phi) is 6.04. The van der Waals surface area contributed by atoms with Gasteiger partial charge in [-0.2, -0.15) is 5.26 Å². The van der Waals surface area contributed by atoms with Crippen molar-refractivity contribution in [3.8, 4) is 6.07 Å². The Labute approximate surface area is 114 Å². The van der Waals surface area contributed by atoms with Gasteiger partial charge in [-0.15, -0.1) is 0 Å². The minimum absolute atomic E-state index is 0.0894. The molecular formula is C15H21N3O. The number of hydrogen-bond donors (Lipinski definition) is 1. The summed E-state index contributed by atoms with van der Waals surface area (Å²) in [6.07, 6.45) is 0.525. The number of amides is 1. The van der Waals surface area contributed by atoms with Crippen LogP contribution in [0, 0.1) is 17.2 Å². The van der Waals surface area contributed by atoms with E-state index >= 15 is 0 Å². The van der Waals surface area contributed by atoms with Gasteiger partial charge < -0.3 is 10.6 Å². The fourth-order valence-electron chi connectivity index (χ4n) is 1.94. The summed E-state index contributed by atoms with van der Waals surface area (Å²) in [5.74, 6) is -0.263. The minimum Gasteiger partial charge on any atom is -0.340 e. The van der Waals surface area contributed by atoms with Gasteiger partial charge in [-0.25, -0.2) is 0 Å². The van der Waals surface area contributed by atoms with Gasteiger partial charge in [-0.3, -0.25) is 4.79 Å². The first-order chi connectivity index (χ1) is 9.08. The standard InChI is InChI=1S/C15H21N3O/c1-3-18(11-12(2)10-16)15(19)14(17)9-13-7-5-4-6-8-13/h4-8,12,14H,3,9,11,17H2,1-2H3/t12?,14-/m1/s1. The van der Waals surface area contributed by atoms with Crippen molar-refractivity contribution in [1.29, 1.82) is 5.26 Å². The highest BCUT2D eigenvalue weighted by Crippen LogP contribution is 2.06. The zero-order valence-corrected chi connectivity index (χ0v) is 11.5. The van der Waals surface area contributed by atoms with Crippen molar-refractivity contribution in [3.63, 3.8) is 0 Å². The second-order valence-electron chi connectivity index (χ2n) is 4.70. The third kappa shape index (κ3) is 4.72. The summed E-state index contributed by atoms with van der Waals surface area (Å²) >= 11 is 0. The molecule has 2 atom stereocenters. The SMILES string of the molecule is CCN(CC(C)C#N)C(=O)[C@H](N)Cc1ccccc1. The predicted octanol–water partition coefficient (Wildman–Crippen LogP) is 1.56. The van der Waals surface area contributed by atoms with E-state index in [0.29, 0.717) is 19.5 Å². The number of benzene rings is 1. The average molecular weight is 259 g/mol. The Morgan fingerprint density at radius 3 is 2.58 bits per heavy atom. The normalized spacial score (nSPS) is 13.4. The van der Waals surface area contributed by atoms with E-state index in [9.17, 15) is 4.79 Å². The maximum absolute atomic E-state index is 12.2. The van der Waals surface area contributed by atoms with Gasteiger partial charge in [0.2, 0.25) is 5.91 Å². The van der Waals surface area contributed by atoms with Crippen LogP contribution >= 0.6 is 0 Å². The third-order valence-corrected chi connectivity index (χ3v) is 3.02. The summed E-state index contributed by atoms with van der Waals surface area (Å²) in [5, 5.41) is 8.82. The van der Waals surface area contributed by atoms with E-state index in [-0.39, 0.29) is 11.8 Å². The van der Waals surface area contributed by atoms with Gasteiger partial charge in [0.25, 0.3) is 0 Å². The predicted molar refractivity (Wildman–Crippen MR) is 75.2 cm³/mol. The monoisotopic (exact) mass is 259 g/mol. The van der Waals surface area contributed by atoms with Crippen LogP contribution in [0.2, 0.25) is 0 Å². The highest BCUT2D eigenvalue weighted by molar-refractivity contribution is 5.82. The molecule has 1 unspecified atom stereocenters. The number of nitrogens with two attached hydrogens (primary N) is 1. The lowest BCUT2D eigenvalue weighted by Gasteiger charge is -2.25. The molecule has 1 rings (SSSR count). The van der Waals surface area contributed by atoms with Crippen molar-refractivity contribution in [2.75, 3.05) is 13.1 Å². The van der Waals surface area contributed by atoms with Gasteiger partial charge in [0.05, 0.1) is 18.0 Å². The van der Waals surface area contributed by atoms with Crippen LogP contribution in [0.3, 0.4) is 0 Å². The minimum atomic E-state index is -0.548. The average Bonchev–Trinajstić information content (AvgIpc) is 2.44. The summed E-state index contributed by atoms with van der Waals surface area (Å²) in [6, 6.07) is 11.3. The highest BCUT2D eigenvalue weighted by Gasteiger charge is 2.21. The fraction of sp³-hybridized carbons (Fsp3) is 0.467. The van der Waals surface area contributed by atoms with E-state index in [1.54, 1.807) is 11.8 Å². The fourth-order valence-corrected chi connectivity index (χ4v) is 1.94. The highest BCUT2D eigenvalue weighted by atomic mass is 16.2. The molecular weight excluding hydrogens is 238 g/mol. The lowest BCUT2D eigenvalue weighted by molar-refractivity contribution is -0.132. The first-order valence-electron chi connectivity index (χ1n) is 6.56. The smallest absolute Gasteiger partial charge is 0.239 e. The van der Waals surface area contributed by atoms with Gasteiger partial charge in [-0.1, -0.05) is 30.3 Å². The van der Waals surface area contributed by atoms with E-state index in [4.69, 9.17) is 11.0 Å². The molecule has 0 radical (unpaired) electrons. The Morgan fingerprint density at radius 1 is 1.42 bits per heavy atom. The molecule has 0 aliphatic rings. The molecule has 2 N–H and O–H groups in total. The van der Waals surface area contributed by atoms with Crippen LogP contribution in [-0.2, 0) is 11.2 Å². The molecule has 4 nitrogen and oxygen atoms in total. The van der Waals surface area contributed by atoms with Crippen LogP contribution in [0.5, 0.6) is 0 Å². The number of nitrogens with zero attached hydrogens (tertiary/aromatic N) is 2. The van der Waals surface area contributed by atoms with Crippen molar-refractivity contribution in [2.24, 2.45) is 11.7 Å².